The van der Waals surface area contributed by atoms with Gasteiger partial charge in [0, 0.05) is 35.5 Å². The molecule has 11 heavy (non-hydrogen) atoms. The minimum atomic E-state index is -0.741. The summed E-state index contributed by atoms with van der Waals surface area (Å²) < 4.78 is 0. The standard InChI is InChI=1S/C4H8O2.C2H8N2.Ag/c1-3(2)4(5)6;3-1-2-4;/h3H,1-2H3,(H,5,6);1-4H2;. The molecule has 0 rings (SSSR count). The number of aliphatic carboxylic acids is 1. The van der Waals surface area contributed by atoms with Crippen LogP contribution in [0.15, 0.2) is 0 Å². The molecular weight excluding hydrogens is 240 g/mol. The number of hydrogen-bond acceptors (Lipinski definition) is 3. The van der Waals surface area contributed by atoms with Gasteiger partial charge in [-0.05, 0) is 0 Å². The van der Waals surface area contributed by atoms with Gasteiger partial charge in [-0.3, -0.25) is 4.79 Å². The molecule has 0 aliphatic heterocycles. The molecule has 0 aromatic rings. The molecule has 0 bridgehead atoms. The van der Waals surface area contributed by atoms with Gasteiger partial charge in [-0.15, -0.1) is 0 Å². The van der Waals surface area contributed by atoms with Crippen LogP contribution in [-0.2, 0) is 27.2 Å². The molecule has 0 unspecified atom stereocenters. The van der Waals surface area contributed by atoms with E-state index in [1.54, 1.807) is 13.8 Å². The summed E-state index contributed by atoms with van der Waals surface area (Å²) in [4.78, 5) is 9.70. The van der Waals surface area contributed by atoms with E-state index in [4.69, 9.17) is 16.6 Å². The molecule has 0 saturated carbocycles. The summed E-state index contributed by atoms with van der Waals surface area (Å²) >= 11 is 0. The zero-order valence-corrected chi connectivity index (χ0v) is 8.29. The van der Waals surface area contributed by atoms with Crippen molar-refractivity contribution in [2.45, 2.75) is 13.8 Å². The van der Waals surface area contributed by atoms with E-state index in [0.717, 1.165) is 0 Å². The zero-order valence-electron chi connectivity index (χ0n) is 6.80. The van der Waals surface area contributed by atoms with Gasteiger partial charge >= 0.3 is 5.97 Å². The van der Waals surface area contributed by atoms with Crippen molar-refractivity contribution in [3.8, 4) is 0 Å². The molecule has 4 nitrogen and oxygen atoms in total. The molecule has 0 amide bonds. The third-order valence-corrected chi connectivity index (χ3v) is 0.661. The van der Waals surface area contributed by atoms with Crippen LogP contribution in [0.1, 0.15) is 13.8 Å². The van der Waals surface area contributed by atoms with E-state index < -0.39 is 5.97 Å². The zero-order chi connectivity index (χ0) is 8.57. The first-order valence-corrected chi connectivity index (χ1v) is 3.19. The summed E-state index contributed by atoms with van der Waals surface area (Å²) in [6.07, 6.45) is 0. The number of rotatable bonds is 2. The molecular formula is C6H16AgN2O2. The normalized spacial score (nSPS) is 7.73. The van der Waals surface area contributed by atoms with E-state index >= 15 is 0 Å². The summed E-state index contributed by atoms with van der Waals surface area (Å²) in [6, 6.07) is 0. The van der Waals surface area contributed by atoms with Gasteiger partial charge in [0.1, 0.15) is 0 Å². The first kappa shape index (κ1) is 17.3. The minimum absolute atomic E-state index is 0. The fraction of sp³-hybridized carbons (Fsp3) is 0.833. The summed E-state index contributed by atoms with van der Waals surface area (Å²) in [5.74, 6) is -0.972. The fourth-order valence-electron chi connectivity index (χ4n) is 0. The molecule has 5 N–H and O–H groups in total. The Kier molecular flexibility index (Phi) is 20.1. The molecule has 0 aliphatic rings. The van der Waals surface area contributed by atoms with Crippen LogP contribution in [-0.4, -0.2) is 24.2 Å². The number of nitrogens with two attached hydrogens (primary N) is 2. The van der Waals surface area contributed by atoms with Gasteiger partial charge in [0.25, 0.3) is 0 Å². The SMILES string of the molecule is CC(C)C(=O)O.NCCN.[Ag]. The average molecular weight is 256 g/mol. The number of hydrogen-bond donors (Lipinski definition) is 3. The Bertz CT molecular complexity index is 86.7. The Hall–Kier alpha value is 0.130. The Morgan fingerprint density at radius 2 is 1.55 bits per heavy atom. The Balaban J connectivity index is -0.000000114. The monoisotopic (exact) mass is 255 g/mol. The van der Waals surface area contributed by atoms with E-state index in [1.807, 2.05) is 0 Å². The molecule has 0 aromatic carbocycles. The number of carboxylic acids is 1. The van der Waals surface area contributed by atoms with Gasteiger partial charge < -0.3 is 16.6 Å². The summed E-state index contributed by atoms with van der Waals surface area (Å²) in [5, 5.41) is 7.99. The van der Waals surface area contributed by atoms with Crippen molar-refractivity contribution in [3.63, 3.8) is 0 Å². The van der Waals surface area contributed by atoms with E-state index in [9.17, 15) is 4.79 Å². The van der Waals surface area contributed by atoms with E-state index in [-0.39, 0.29) is 28.3 Å². The first-order valence-electron chi connectivity index (χ1n) is 3.19. The maximum atomic E-state index is 9.70. The molecule has 0 spiro atoms. The quantitative estimate of drug-likeness (QED) is 0.588. The Morgan fingerprint density at radius 1 is 1.36 bits per heavy atom. The third-order valence-electron chi connectivity index (χ3n) is 0.661. The van der Waals surface area contributed by atoms with Crippen molar-refractivity contribution in [1.82, 2.24) is 0 Å². The molecule has 0 heterocycles. The van der Waals surface area contributed by atoms with Crippen molar-refractivity contribution in [3.05, 3.63) is 0 Å². The average Bonchev–Trinajstić information content (AvgIpc) is 1.89. The Morgan fingerprint density at radius 3 is 1.55 bits per heavy atom. The van der Waals surface area contributed by atoms with Gasteiger partial charge in [0.15, 0.2) is 0 Å². The van der Waals surface area contributed by atoms with Crippen LogP contribution >= 0.6 is 0 Å². The van der Waals surface area contributed by atoms with Gasteiger partial charge in [-0.1, -0.05) is 13.8 Å². The van der Waals surface area contributed by atoms with Crippen LogP contribution in [0, 0.1) is 5.92 Å². The molecule has 5 heteroatoms. The Labute approximate surface area is 82.8 Å². The summed E-state index contributed by atoms with van der Waals surface area (Å²) in [5.41, 5.74) is 9.81. The van der Waals surface area contributed by atoms with Crippen molar-refractivity contribution in [1.29, 1.82) is 0 Å². The molecule has 0 atom stereocenters. The van der Waals surface area contributed by atoms with E-state index in [0.29, 0.717) is 13.1 Å². The fourth-order valence-corrected chi connectivity index (χ4v) is 0. The molecule has 1 radical (unpaired) electrons. The van der Waals surface area contributed by atoms with Crippen LogP contribution in [0.2, 0.25) is 0 Å². The summed E-state index contributed by atoms with van der Waals surface area (Å²) in [6.45, 7) is 4.48. The molecule has 0 fully saturated rings. The molecule has 0 aliphatic carbocycles. The van der Waals surface area contributed by atoms with Crippen LogP contribution in [0.25, 0.3) is 0 Å². The van der Waals surface area contributed by atoms with Crippen molar-refractivity contribution < 1.29 is 32.3 Å². The van der Waals surface area contributed by atoms with Crippen LogP contribution in [0.3, 0.4) is 0 Å². The van der Waals surface area contributed by atoms with Crippen LogP contribution in [0.4, 0.5) is 0 Å². The van der Waals surface area contributed by atoms with Gasteiger partial charge in [-0.2, -0.15) is 0 Å². The van der Waals surface area contributed by atoms with Gasteiger partial charge in [0.2, 0.25) is 0 Å². The van der Waals surface area contributed by atoms with Crippen molar-refractivity contribution >= 4 is 5.97 Å². The second-order valence-electron chi connectivity index (χ2n) is 2.07. The minimum Gasteiger partial charge on any atom is -0.481 e. The predicted molar refractivity (Wildman–Crippen MR) is 40.6 cm³/mol. The number of carbonyl (C=O) groups is 1. The topological polar surface area (TPSA) is 89.3 Å². The maximum absolute atomic E-state index is 9.70. The number of carboxylic acid groups (broad SMARTS) is 1. The molecule has 73 valence electrons. The smallest absolute Gasteiger partial charge is 0.305 e. The van der Waals surface area contributed by atoms with Crippen LogP contribution in [0.5, 0.6) is 0 Å². The van der Waals surface area contributed by atoms with E-state index in [2.05, 4.69) is 0 Å². The van der Waals surface area contributed by atoms with Gasteiger partial charge in [-0.25, -0.2) is 0 Å². The second-order valence-corrected chi connectivity index (χ2v) is 2.07. The predicted octanol–water partition coefficient (Wildman–Crippen LogP) is -0.372. The van der Waals surface area contributed by atoms with Gasteiger partial charge in [0.05, 0.1) is 5.92 Å². The van der Waals surface area contributed by atoms with Crippen LogP contribution < -0.4 is 11.5 Å². The summed E-state index contributed by atoms with van der Waals surface area (Å²) in [7, 11) is 0. The van der Waals surface area contributed by atoms with Crippen molar-refractivity contribution in [2.75, 3.05) is 13.1 Å². The third kappa shape index (κ3) is 25.4. The largest absolute Gasteiger partial charge is 0.481 e. The molecule has 0 saturated heterocycles. The van der Waals surface area contributed by atoms with E-state index in [1.165, 1.54) is 0 Å². The second kappa shape index (κ2) is 12.8. The van der Waals surface area contributed by atoms with Crippen molar-refractivity contribution in [2.24, 2.45) is 17.4 Å². The maximum Gasteiger partial charge on any atom is 0.305 e. The first-order chi connectivity index (χ1) is 4.56. The molecule has 0 aromatic heterocycles.